The number of rotatable bonds is 6. The van der Waals surface area contributed by atoms with E-state index in [4.69, 9.17) is 0 Å². The average molecular weight is 269 g/mol. The molecule has 0 aromatic heterocycles. The Balaban J connectivity index is 2.20. The van der Waals surface area contributed by atoms with E-state index in [0.29, 0.717) is 5.41 Å². The average Bonchev–Trinajstić information content (AvgIpc) is 2.28. The van der Waals surface area contributed by atoms with Crippen LogP contribution in [0.1, 0.15) is 73.1 Å². The van der Waals surface area contributed by atoms with E-state index in [1.165, 1.54) is 25.7 Å². The van der Waals surface area contributed by atoms with Crippen LogP contribution in [0, 0.1) is 17.3 Å². The SMILES string of the molecule is CCCC(C)(O)CNCC1CCC(C(C)(C)C)CC1. The Bertz CT molecular complexity index is 246. The summed E-state index contributed by atoms with van der Waals surface area (Å²) in [5.41, 5.74) is -0.0550. The molecule has 1 saturated carbocycles. The molecule has 0 aromatic rings. The second-order valence-electron chi connectivity index (χ2n) is 7.96. The molecule has 114 valence electrons. The molecule has 2 nitrogen and oxygen atoms in total. The van der Waals surface area contributed by atoms with E-state index < -0.39 is 5.60 Å². The maximum atomic E-state index is 10.1. The van der Waals surface area contributed by atoms with Crippen LogP contribution in [0.3, 0.4) is 0 Å². The third kappa shape index (κ3) is 6.27. The first-order valence-electron chi connectivity index (χ1n) is 8.17. The zero-order chi connectivity index (χ0) is 14.5. The van der Waals surface area contributed by atoms with E-state index in [-0.39, 0.29) is 0 Å². The lowest BCUT2D eigenvalue weighted by Crippen LogP contribution is -2.40. The molecule has 0 aromatic carbocycles. The summed E-state index contributed by atoms with van der Waals surface area (Å²) < 4.78 is 0. The van der Waals surface area contributed by atoms with Crippen molar-refractivity contribution >= 4 is 0 Å². The summed E-state index contributed by atoms with van der Waals surface area (Å²) in [4.78, 5) is 0. The molecule has 1 aliphatic carbocycles. The van der Waals surface area contributed by atoms with Gasteiger partial charge in [0.25, 0.3) is 0 Å². The van der Waals surface area contributed by atoms with Gasteiger partial charge in [-0.2, -0.15) is 0 Å². The van der Waals surface area contributed by atoms with E-state index in [2.05, 4.69) is 33.0 Å². The van der Waals surface area contributed by atoms with Gasteiger partial charge in [-0.1, -0.05) is 34.1 Å². The summed E-state index contributed by atoms with van der Waals surface area (Å²) in [6.45, 7) is 13.0. The monoisotopic (exact) mass is 269 g/mol. The molecule has 1 rings (SSSR count). The molecule has 1 aliphatic rings. The fourth-order valence-corrected chi connectivity index (χ4v) is 3.41. The smallest absolute Gasteiger partial charge is 0.0743 e. The lowest BCUT2D eigenvalue weighted by Gasteiger charge is -2.37. The highest BCUT2D eigenvalue weighted by Crippen LogP contribution is 2.39. The van der Waals surface area contributed by atoms with Gasteiger partial charge in [0, 0.05) is 6.54 Å². The van der Waals surface area contributed by atoms with E-state index in [0.717, 1.165) is 37.8 Å². The maximum Gasteiger partial charge on any atom is 0.0743 e. The zero-order valence-corrected chi connectivity index (χ0v) is 13.8. The van der Waals surface area contributed by atoms with Gasteiger partial charge in [-0.25, -0.2) is 0 Å². The molecular formula is C17H35NO. The summed E-state index contributed by atoms with van der Waals surface area (Å²) in [6, 6.07) is 0. The highest BCUT2D eigenvalue weighted by atomic mass is 16.3. The summed E-state index contributed by atoms with van der Waals surface area (Å²) in [5, 5.41) is 13.6. The number of nitrogens with one attached hydrogen (secondary N) is 1. The van der Waals surface area contributed by atoms with E-state index >= 15 is 0 Å². The Morgan fingerprint density at radius 1 is 1.05 bits per heavy atom. The molecule has 1 atom stereocenters. The molecule has 1 unspecified atom stereocenters. The number of hydrogen-bond donors (Lipinski definition) is 2. The van der Waals surface area contributed by atoms with Crippen LogP contribution in [0.25, 0.3) is 0 Å². The molecule has 0 heterocycles. The Morgan fingerprint density at radius 2 is 1.63 bits per heavy atom. The summed E-state index contributed by atoms with van der Waals surface area (Å²) in [6.07, 6.45) is 7.39. The molecule has 1 fully saturated rings. The van der Waals surface area contributed by atoms with Crippen molar-refractivity contribution in [1.82, 2.24) is 5.32 Å². The summed E-state index contributed by atoms with van der Waals surface area (Å²) >= 11 is 0. The van der Waals surface area contributed by atoms with Crippen molar-refractivity contribution in [3.63, 3.8) is 0 Å². The van der Waals surface area contributed by atoms with Crippen LogP contribution in [0.4, 0.5) is 0 Å². The van der Waals surface area contributed by atoms with E-state index in [1.54, 1.807) is 0 Å². The van der Waals surface area contributed by atoms with Gasteiger partial charge in [-0.05, 0) is 62.8 Å². The minimum Gasteiger partial charge on any atom is -0.389 e. The Kier molecular flexibility index (Phi) is 6.32. The van der Waals surface area contributed by atoms with Crippen molar-refractivity contribution in [3.05, 3.63) is 0 Å². The first kappa shape index (κ1) is 17.0. The molecule has 0 saturated heterocycles. The number of aliphatic hydroxyl groups is 1. The highest BCUT2D eigenvalue weighted by Gasteiger charge is 2.29. The van der Waals surface area contributed by atoms with Crippen molar-refractivity contribution in [2.45, 2.75) is 78.7 Å². The van der Waals surface area contributed by atoms with Crippen LogP contribution in [0.5, 0.6) is 0 Å². The quantitative estimate of drug-likeness (QED) is 0.764. The summed E-state index contributed by atoms with van der Waals surface area (Å²) in [5.74, 6) is 1.71. The van der Waals surface area contributed by atoms with Crippen LogP contribution in [-0.4, -0.2) is 23.8 Å². The largest absolute Gasteiger partial charge is 0.389 e. The molecule has 0 spiro atoms. The predicted molar refractivity (Wildman–Crippen MR) is 83.3 cm³/mol. The Hall–Kier alpha value is -0.0800. The molecule has 0 bridgehead atoms. The summed E-state index contributed by atoms with van der Waals surface area (Å²) in [7, 11) is 0. The lowest BCUT2D eigenvalue weighted by atomic mass is 9.70. The minimum absolute atomic E-state index is 0.475. The Morgan fingerprint density at radius 3 is 2.11 bits per heavy atom. The van der Waals surface area contributed by atoms with Gasteiger partial charge in [0.1, 0.15) is 0 Å². The van der Waals surface area contributed by atoms with Gasteiger partial charge in [0.2, 0.25) is 0 Å². The maximum absolute atomic E-state index is 10.1. The standard InChI is InChI=1S/C17H35NO/c1-6-11-17(5,19)13-18-12-14-7-9-15(10-8-14)16(2,3)4/h14-15,18-19H,6-13H2,1-5H3. The topological polar surface area (TPSA) is 32.3 Å². The van der Waals surface area contributed by atoms with Crippen molar-refractivity contribution in [2.75, 3.05) is 13.1 Å². The number of hydrogen-bond acceptors (Lipinski definition) is 2. The van der Waals surface area contributed by atoms with Crippen LogP contribution in [0.15, 0.2) is 0 Å². The predicted octanol–water partition coefficient (Wildman–Crippen LogP) is 3.98. The van der Waals surface area contributed by atoms with Gasteiger partial charge in [0.15, 0.2) is 0 Å². The fourth-order valence-electron chi connectivity index (χ4n) is 3.41. The second-order valence-corrected chi connectivity index (χ2v) is 7.96. The van der Waals surface area contributed by atoms with Crippen molar-refractivity contribution in [2.24, 2.45) is 17.3 Å². The molecule has 2 heteroatoms. The van der Waals surface area contributed by atoms with Crippen molar-refractivity contribution < 1.29 is 5.11 Å². The van der Waals surface area contributed by atoms with Gasteiger partial charge in [-0.15, -0.1) is 0 Å². The van der Waals surface area contributed by atoms with Crippen LogP contribution in [0.2, 0.25) is 0 Å². The first-order valence-corrected chi connectivity index (χ1v) is 8.17. The van der Waals surface area contributed by atoms with Gasteiger partial charge < -0.3 is 10.4 Å². The van der Waals surface area contributed by atoms with Crippen LogP contribution >= 0.6 is 0 Å². The Labute approximate surface area is 120 Å². The minimum atomic E-state index is -0.530. The van der Waals surface area contributed by atoms with Gasteiger partial charge in [-0.3, -0.25) is 0 Å². The van der Waals surface area contributed by atoms with Gasteiger partial charge >= 0.3 is 0 Å². The second kappa shape index (κ2) is 7.08. The van der Waals surface area contributed by atoms with Crippen molar-refractivity contribution in [1.29, 1.82) is 0 Å². The third-order valence-electron chi connectivity index (χ3n) is 4.80. The van der Waals surface area contributed by atoms with Crippen LogP contribution in [-0.2, 0) is 0 Å². The molecule has 0 radical (unpaired) electrons. The van der Waals surface area contributed by atoms with E-state index in [1.807, 2.05) is 6.92 Å². The van der Waals surface area contributed by atoms with Crippen molar-refractivity contribution in [3.8, 4) is 0 Å². The normalized spacial score (nSPS) is 28.1. The molecule has 0 amide bonds. The molecule has 2 N–H and O–H groups in total. The molecule has 19 heavy (non-hydrogen) atoms. The van der Waals surface area contributed by atoms with Gasteiger partial charge in [0.05, 0.1) is 5.60 Å². The first-order chi connectivity index (χ1) is 8.74. The third-order valence-corrected chi connectivity index (χ3v) is 4.80. The van der Waals surface area contributed by atoms with E-state index in [9.17, 15) is 5.11 Å². The molecule has 0 aliphatic heterocycles. The zero-order valence-electron chi connectivity index (χ0n) is 13.8. The highest BCUT2D eigenvalue weighted by molar-refractivity contribution is 4.82. The van der Waals surface area contributed by atoms with Crippen LogP contribution < -0.4 is 5.32 Å². The molecular weight excluding hydrogens is 234 g/mol. The fraction of sp³-hybridized carbons (Fsp3) is 1.00. The lowest BCUT2D eigenvalue weighted by molar-refractivity contribution is 0.0479.